The number of nitrogens with zero attached hydrogens (tertiary/aromatic N) is 5. The van der Waals surface area contributed by atoms with Crippen molar-refractivity contribution >= 4 is 17.5 Å². The second kappa shape index (κ2) is 7.97. The molecule has 3 aromatic rings. The summed E-state index contributed by atoms with van der Waals surface area (Å²) in [5.74, 6) is -3.59. The molecular weight excluding hydrogens is 454 g/mol. The minimum atomic E-state index is -4.85. The number of hydrogen-bond donors (Lipinski definition) is 1. The number of carbonyl (C=O) groups is 1. The summed E-state index contributed by atoms with van der Waals surface area (Å²) in [5, 5.41) is 5.44. The number of likely N-dealkylation sites (tertiary alicyclic amines) is 1. The van der Waals surface area contributed by atoms with Crippen LogP contribution in [0.5, 0.6) is 0 Å². The molecule has 0 bridgehead atoms. The minimum absolute atomic E-state index is 0.0481. The lowest BCUT2D eigenvalue weighted by molar-refractivity contribution is -0.215. The first kappa shape index (κ1) is 23.0. The third kappa shape index (κ3) is 4.36. The molecule has 1 unspecified atom stereocenters. The first-order valence-electron chi connectivity index (χ1n) is 9.85. The summed E-state index contributed by atoms with van der Waals surface area (Å²) in [6, 6.07) is 10.0. The Morgan fingerprint density at radius 3 is 2.45 bits per heavy atom. The number of fused-ring (bicyclic) bond motifs is 1. The van der Waals surface area contributed by atoms with Crippen molar-refractivity contribution in [2.45, 2.75) is 32.2 Å². The molecule has 1 fully saturated rings. The van der Waals surface area contributed by atoms with Gasteiger partial charge >= 0.3 is 12.4 Å². The van der Waals surface area contributed by atoms with Crippen LogP contribution in [0.1, 0.15) is 23.5 Å². The number of amides is 1. The van der Waals surface area contributed by atoms with Crippen LogP contribution in [0, 0.1) is 12.3 Å². The number of benzene rings is 1. The molecule has 1 atom stereocenters. The van der Waals surface area contributed by atoms with Gasteiger partial charge in [0.05, 0.1) is 0 Å². The lowest BCUT2D eigenvalue weighted by Gasteiger charge is -2.30. The summed E-state index contributed by atoms with van der Waals surface area (Å²) < 4.78 is 81.7. The van der Waals surface area contributed by atoms with E-state index in [1.54, 1.807) is 35.2 Å². The van der Waals surface area contributed by atoms with Gasteiger partial charge in [0.15, 0.2) is 5.41 Å². The Hall–Kier alpha value is -3.22. The Balaban J connectivity index is 1.59. The minimum Gasteiger partial charge on any atom is -0.310 e. The van der Waals surface area contributed by atoms with Gasteiger partial charge in [0.2, 0.25) is 5.91 Å². The van der Waals surface area contributed by atoms with Gasteiger partial charge < -0.3 is 5.32 Å². The molecule has 13 heteroatoms. The molecule has 7 nitrogen and oxygen atoms in total. The van der Waals surface area contributed by atoms with Crippen molar-refractivity contribution in [3.8, 4) is 0 Å². The van der Waals surface area contributed by atoms with E-state index < -0.39 is 48.2 Å². The van der Waals surface area contributed by atoms with E-state index in [2.05, 4.69) is 20.4 Å². The van der Waals surface area contributed by atoms with Crippen LogP contribution in [-0.2, 0) is 17.5 Å². The van der Waals surface area contributed by atoms with E-state index in [9.17, 15) is 31.1 Å². The molecule has 1 aliphatic rings. The smallest absolute Gasteiger partial charge is 0.310 e. The van der Waals surface area contributed by atoms with Crippen molar-refractivity contribution in [2.75, 3.05) is 18.4 Å². The van der Waals surface area contributed by atoms with Crippen LogP contribution in [0.25, 0.3) is 5.78 Å². The van der Waals surface area contributed by atoms with Crippen molar-refractivity contribution in [3.63, 3.8) is 0 Å². The van der Waals surface area contributed by atoms with Gasteiger partial charge in [-0.15, -0.1) is 5.10 Å². The molecule has 1 N–H and O–H groups in total. The zero-order valence-electron chi connectivity index (χ0n) is 17.2. The maximum absolute atomic E-state index is 14.1. The van der Waals surface area contributed by atoms with E-state index in [0.29, 0.717) is 0 Å². The average Bonchev–Trinajstić information content (AvgIpc) is 3.34. The summed E-state index contributed by atoms with van der Waals surface area (Å²) in [6.07, 6.45) is -10.1. The van der Waals surface area contributed by atoms with Crippen molar-refractivity contribution in [1.29, 1.82) is 0 Å². The normalized spacial score (nSPS) is 19.8. The molecule has 4 rings (SSSR count). The van der Waals surface area contributed by atoms with Crippen LogP contribution in [0.4, 0.5) is 32.2 Å². The number of halogens is 6. The number of hydrogen-bond acceptors (Lipinski definition) is 5. The van der Waals surface area contributed by atoms with E-state index in [-0.39, 0.29) is 24.6 Å². The monoisotopic (exact) mass is 472 g/mol. The predicted molar refractivity (Wildman–Crippen MR) is 104 cm³/mol. The van der Waals surface area contributed by atoms with E-state index in [0.717, 1.165) is 16.1 Å². The van der Waals surface area contributed by atoms with Crippen molar-refractivity contribution in [2.24, 2.45) is 5.41 Å². The maximum Gasteiger partial charge on any atom is 0.453 e. The molecule has 0 radical (unpaired) electrons. The highest BCUT2D eigenvalue weighted by Crippen LogP contribution is 2.46. The van der Waals surface area contributed by atoms with Gasteiger partial charge in [-0.2, -0.15) is 36.3 Å². The summed E-state index contributed by atoms with van der Waals surface area (Å²) in [4.78, 5) is 21.4. The summed E-state index contributed by atoms with van der Waals surface area (Å²) >= 11 is 0. The highest BCUT2D eigenvalue weighted by Gasteiger charge is 2.63. The second-order valence-corrected chi connectivity index (χ2v) is 7.91. The molecule has 1 aliphatic heterocycles. The molecule has 1 aromatic carbocycles. The first-order valence-corrected chi connectivity index (χ1v) is 9.85. The standard InChI is InChI=1S/C20H18F6N6O/c1-12-9-14(28-17-29-15(19(21,22)23)30-32(12)17)27-16(33)18(20(24,25)26)7-8-31(11-18)10-13-5-3-2-4-6-13/h2-6,9H,7-8,10-11H2,1H3,(H,27,28,29,30,33). The SMILES string of the molecule is Cc1cc(NC(=O)C2(C(F)(F)F)CCN(Cc3ccccc3)C2)nc2nc(C(F)(F)F)nn12. The van der Waals surface area contributed by atoms with Crippen molar-refractivity contribution in [1.82, 2.24) is 24.5 Å². The Morgan fingerprint density at radius 2 is 1.82 bits per heavy atom. The summed E-state index contributed by atoms with van der Waals surface area (Å²) in [7, 11) is 0. The van der Waals surface area contributed by atoms with Crippen LogP contribution in [-0.4, -0.2) is 49.7 Å². The van der Waals surface area contributed by atoms with Gasteiger partial charge in [0.25, 0.3) is 11.6 Å². The van der Waals surface area contributed by atoms with Gasteiger partial charge in [0.1, 0.15) is 5.82 Å². The molecule has 3 heterocycles. The van der Waals surface area contributed by atoms with E-state index in [1.807, 2.05) is 0 Å². The first-order chi connectivity index (χ1) is 15.4. The second-order valence-electron chi connectivity index (χ2n) is 7.91. The quantitative estimate of drug-likeness (QED) is 0.584. The van der Waals surface area contributed by atoms with E-state index in [4.69, 9.17) is 0 Å². The fraction of sp³-hybridized carbons (Fsp3) is 0.400. The Kier molecular flexibility index (Phi) is 5.55. The molecule has 2 aromatic heterocycles. The highest BCUT2D eigenvalue weighted by molar-refractivity contribution is 5.96. The topological polar surface area (TPSA) is 75.4 Å². The summed E-state index contributed by atoms with van der Waals surface area (Å²) in [5.41, 5.74) is -1.77. The van der Waals surface area contributed by atoms with Crippen LogP contribution in [0.3, 0.4) is 0 Å². The van der Waals surface area contributed by atoms with E-state index in [1.165, 1.54) is 6.92 Å². The Morgan fingerprint density at radius 1 is 1.12 bits per heavy atom. The highest BCUT2D eigenvalue weighted by atomic mass is 19.4. The van der Waals surface area contributed by atoms with Gasteiger partial charge in [0, 0.05) is 24.8 Å². The number of carbonyl (C=O) groups excluding carboxylic acids is 1. The Labute approximate surface area is 183 Å². The third-order valence-corrected chi connectivity index (χ3v) is 5.56. The molecule has 1 saturated heterocycles. The van der Waals surface area contributed by atoms with Crippen molar-refractivity contribution in [3.05, 3.63) is 53.5 Å². The Bertz CT molecular complexity index is 1180. The zero-order chi connectivity index (χ0) is 24.0. The largest absolute Gasteiger partial charge is 0.453 e. The van der Waals surface area contributed by atoms with Gasteiger partial charge in [-0.3, -0.25) is 9.69 Å². The third-order valence-electron chi connectivity index (χ3n) is 5.56. The summed E-state index contributed by atoms with van der Waals surface area (Å²) in [6.45, 7) is 1.11. The molecule has 0 saturated carbocycles. The van der Waals surface area contributed by atoms with Crippen LogP contribution >= 0.6 is 0 Å². The number of nitrogens with one attached hydrogen (secondary N) is 1. The predicted octanol–water partition coefficient (Wildman–Crippen LogP) is 3.84. The van der Waals surface area contributed by atoms with Crippen LogP contribution in [0.15, 0.2) is 36.4 Å². The average molecular weight is 472 g/mol. The molecular formula is C20H18F6N6O. The molecule has 1 amide bonds. The van der Waals surface area contributed by atoms with E-state index >= 15 is 0 Å². The van der Waals surface area contributed by atoms with Gasteiger partial charge in [-0.05, 0) is 25.5 Å². The van der Waals surface area contributed by atoms with Gasteiger partial charge in [-0.1, -0.05) is 30.3 Å². The molecule has 0 aliphatic carbocycles. The zero-order valence-corrected chi connectivity index (χ0v) is 17.2. The van der Waals surface area contributed by atoms with Crippen molar-refractivity contribution < 1.29 is 31.1 Å². The number of aromatic nitrogens is 4. The number of anilines is 1. The fourth-order valence-electron chi connectivity index (χ4n) is 3.84. The fourth-order valence-corrected chi connectivity index (χ4v) is 3.84. The molecule has 0 spiro atoms. The number of alkyl halides is 6. The number of aryl methyl sites for hydroxylation is 1. The van der Waals surface area contributed by atoms with Crippen LogP contribution < -0.4 is 5.32 Å². The van der Waals surface area contributed by atoms with Crippen LogP contribution in [0.2, 0.25) is 0 Å². The maximum atomic E-state index is 14.1. The number of rotatable bonds is 4. The molecule has 176 valence electrons. The lowest BCUT2D eigenvalue weighted by Crippen LogP contribution is -2.50. The van der Waals surface area contributed by atoms with Gasteiger partial charge in [-0.25, -0.2) is 4.52 Å². The lowest BCUT2D eigenvalue weighted by atomic mass is 9.85. The molecule has 33 heavy (non-hydrogen) atoms.